The van der Waals surface area contributed by atoms with E-state index in [0.717, 1.165) is 18.0 Å². The van der Waals surface area contributed by atoms with Crippen molar-refractivity contribution in [2.75, 3.05) is 31.1 Å². The Bertz CT molecular complexity index is 652. The van der Waals surface area contributed by atoms with E-state index >= 15 is 0 Å². The van der Waals surface area contributed by atoms with E-state index in [1.165, 1.54) is 11.0 Å². The van der Waals surface area contributed by atoms with Crippen molar-refractivity contribution in [3.05, 3.63) is 53.7 Å². The van der Waals surface area contributed by atoms with E-state index in [9.17, 15) is 13.6 Å². The van der Waals surface area contributed by atoms with Crippen LogP contribution in [0.25, 0.3) is 0 Å². The zero-order chi connectivity index (χ0) is 15.5. The van der Waals surface area contributed by atoms with E-state index in [4.69, 9.17) is 0 Å². The number of carbonyl (C=O) groups is 1. The summed E-state index contributed by atoms with van der Waals surface area (Å²) in [6, 6.07) is 7.04. The standard InChI is InChI=1S/C15H14F2N4O/c16-11-3-1-4-12(17)14(11)15(22)21-9-7-20(8-10-21)13-5-2-6-18-19-13/h1-6H,7-10H2. The van der Waals surface area contributed by atoms with Crippen molar-refractivity contribution in [3.8, 4) is 0 Å². The van der Waals surface area contributed by atoms with Gasteiger partial charge in [-0.1, -0.05) is 6.07 Å². The molecule has 22 heavy (non-hydrogen) atoms. The largest absolute Gasteiger partial charge is 0.352 e. The van der Waals surface area contributed by atoms with Crippen LogP contribution in [0.3, 0.4) is 0 Å². The zero-order valence-electron chi connectivity index (χ0n) is 11.7. The average molecular weight is 304 g/mol. The Morgan fingerprint density at radius 2 is 1.68 bits per heavy atom. The van der Waals surface area contributed by atoms with E-state index in [1.807, 2.05) is 11.0 Å². The van der Waals surface area contributed by atoms with Gasteiger partial charge in [0.1, 0.15) is 17.2 Å². The van der Waals surface area contributed by atoms with Crippen LogP contribution in [0.1, 0.15) is 10.4 Å². The van der Waals surface area contributed by atoms with Crippen molar-refractivity contribution < 1.29 is 13.6 Å². The van der Waals surface area contributed by atoms with Crippen LogP contribution in [0.5, 0.6) is 0 Å². The van der Waals surface area contributed by atoms with Crippen LogP contribution in [-0.4, -0.2) is 47.2 Å². The van der Waals surface area contributed by atoms with Gasteiger partial charge in [0.15, 0.2) is 5.82 Å². The second kappa shape index (κ2) is 6.05. The molecule has 2 heterocycles. The SMILES string of the molecule is O=C(c1c(F)cccc1F)N1CCN(c2cccnn2)CC1. The quantitative estimate of drug-likeness (QED) is 0.847. The van der Waals surface area contributed by atoms with E-state index < -0.39 is 23.1 Å². The molecule has 0 bridgehead atoms. The Balaban J connectivity index is 1.70. The number of rotatable bonds is 2. The maximum Gasteiger partial charge on any atom is 0.259 e. The molecule has 0 unspecified atom stereocenters. The molecule has 0 N–H and O–H groups in total. The van der Waals surface area contributed by atoms with Crippen LogP contribution in [0, 0.1) is 11.6 Å². The molecular formula is C15H14F2N4O. The lowest BCUT2D eigenvalue weighted by Crippen LogP contribution is -2.49. The van der Waals surface area contributed by atoms with Crippen molar-refractivity contribution in [1.29, 1.82) is 0 Å². The van der Waals surface area contributed by atoms with Gasteiger partial charge >= 0.3 is 0 Å². The van der Waals surface area contributed by atoms with Crippen molar-refractivity contribution in [1.82, 2.24) is 15.1 Å². The molecule has 2 aromatic rings. The molecule has 1 amide bonds. The van der Waals surface area contributed by atoms with Gasteiger partial charge < -0.3 is 9.80 Å². The molecule has 0 atom stereocenters. The fraction of sp³-hybridized carbons (Fsp3) is 0.267. The first kappa shape index (κ1) is 14.4. The Morgan fingerprint density at radius 1 is 1.00 bits per heavy atom. The number of nitrogens with zero attached hydrogens (tertiary/aromatic N) is 4. The Kier molecular flexibility index (Phi) is 3.95. The fourth-order valence-corrected chi connectivity index (χ4v) is 2.46. The van der Waals surface area contributed by atoms with Gasteiger partial charge in [-0.3, -0.25) is 4.79 Å². The molecule has 0 radical (unpaired) electrons. The number of benzene rings is 1. The Morgan fingerprint density at radius 3 is 2.27 bits per heavy atom. The number of hydrogen-bond donors (Lipinski definition) is 0. The maximum atomic E-state index is 13.7. The first-order valence-electron chi connectivity index (χ1n) is 6.93. The monoisotopic (exact) mass is 304 g/mol. The third-order valence-electron chi connectivity index (χ3n) is 3.63. The number of carbonyl (C=O) groups excluding carboxylic acids is 1. The van der Waals surface area contributed by atoms with E-state index in [2.05, 4.69) is 10.2 Å². The number of anilines is 1. The Labute approximate surface area is 126 Å². The molecule has 0 spiro atoms. The minimum absolute atomic E-state index is 0.378. The number of piperazine rings is 1. The second-order valence-corrected chi connectivity index (χ2v) is 4.96. The van der Waals surface area contributed by atoms with Crippen molar-refractivity contribution in [2.24, 2.45) is 0 Å². The molecule has 1 saturated heterocycles. The van der Waals surface area contributed by atoms with Crippen molar-refractivity contribution >= 4 is 11.7 Å². The van der Waals surface area contributed by atoms with Crippen LogP contribution >= 0.6 is 0 Å². The van der Waals surface area contributed by atoms with Gasteiger partial charge in [0.2, 0.25) is 0 Å². The highest BCUT2D eigenvalue weighted by Crippen LogP contribution is 2.17. The normalized spacial score (nSPS) is 15.0. The molecule has 114 valence electrons. The fourth-order valence-electron chi connectivity index (χ4n) is 2.46. The summed E-state index contributed by atoms with van der Waals surface area (Å²) in [5.41, 5.74) is -0.490. The summed E-state index contributed by atoms with van der Waals surface area (Å²) in [5, 5.41) is 7.82. The molecular weight excluding hydrogens is 290 g/mol. The minimum atomic E-state index is -0.832. The van der Waals surface area contributed by atoms with Gasteiger partial charge in [-0.05, 0) is 24.3 Å². The topological polar surface area (TPSA) is 49.3 Å². The van der Waals surface area contributed by atoms with Gasteiger partial charge in [-0.25, -0.2) is 8.78 Å². The third kappa shape index (κ3) is 2.74. The molecule has 1 fully saturated rings. The van der Waals surface area contributed by atoms with Crippen LogP contribution in [0.15, 0.2) is 36.5 Å². The van der Waals surface area contributed by atoms with Crippen LogP contribution in [0.4, 0.5) is 14.6 Å². The summed E-state index contributed by atoms with van der Waals surface area (Å²) in [7, 11) is 0. The molecule has 0 saturated carbocycles. The molecule has 3 rings (SSSR count). The molecule has 7 heteroatoms. The number of halogens is 2. The smallest absolute Gasteiger partial charge is 0.259 e. The predicted octanol–water partition coefficient (Wildman–Crippen LogP) is 1.72. The minimum Gasteiger partial charge on any atom is -0.352 e. The average Bonchev–Trinajstić information content (AvgIpc) is 2.55. The summed E-state index contributed by atoms with van der Waals surface area (Å²) < 4.78 is 27.4. The summed E-state index contributed by atoms with van der Waals surface area (Å²) in [6.45, 7) is 1.84. The van der Waals surface area contributed by atoms with E-state index in [-0.39, 0.29) is 0 Å². The molecule has 1 aromatic carbocycles. The van der Waals surface area contributed by atoms with Crippen LogP contribution in [-0.2, 0) is 0 Å². The Hall–Kier alpha value is -2.57. The summed E-state index contributed by atoms with van der Waals surface area (Å²) in [6.07, 6.45) is 1.59. The molecule has 1 aliphatic heterocycles. The maximum absolute atomic E-state index is 13.7. The predicted molar refractivity (Wildman–Crippen MR) is 76.5 cm³/mol. The van der Waals surface area contributed by atoms with Crippen molar-refractivity contribution in [2.45, 2.75) is 0 Å². The summed E-state index contributed by atoms with van der Waals surface area (Å²) in [5.74, 6) is -1.55. The van der Waals surface area contributed by atoms with Gasteiger partial charge in [0.25, 0.3) is 5.91 Å². The highest BCUT2D eigenvalue weighted by atomic mass is 19.1. The van der Waals surface area contributed by atoms with Crippen molar-refractivity contribution in [3.63, 3.8) is 0 Å². The van der Waals surface area contributed by atoms with Crippen LogP contribution < -0.4 is 4.90 Å². The number of amides is 1. The molecule has 1 aliphatic rings. The lowest BCUT2D eigenvalue weighted by atomic mass is 10.1. The highest BCUT2D eigenvalue weighted by molar-refractivity contribution is 5.95. The molecule has 5 nitrogen and oxygen atoms in total. The summed E-state index contributed by atoms with van der Waals surface area (Å²) in [4.78, 5) is 15.7. The summed E-state index contributed by atoms with van der Waals surface area (Å²) >= 11 is 0. The van der Waals surface area contributed by atoms with Gasteiger partial charge in [-0.15, -0.1) is 5.10 Å². The number of hydrogen-bond acceptors (Lipinski definition) is 4. The van der Waals surface area contributed by atoms with Gasteiger partial charge in [0, 0.05) is 32.4 Å². The number of aromatic nitrogens is 2. The molecule has 1 aromatic heterocycles. The van der Waals surface area contributed by atoms with E-state index in [1.54, 1.807) is 12.3 Å². The van der Waals surface area contributed by atoms with E-state index in [0.29, 0.717) is 26.2 Å². The lowest BCUT2D eigenvalue weighted by molar-refractivity contribution is 0.0736. The first-order valence-corrected chi connectivity index (χ1v) is 6.93. The van der Waals surface area contributed by atoms with Gasteiger partial charge in [0.05, 0.1) is 0 Å². The third-order valence-corrected chi connectivity index (χ3v) is 3.63. The zero-order valence-corrected chi connectivity index (χ0v) is 11.7. The molecule has 0 aliphatic carbocycles. The second-order valence-electron chi connectivity index (χ2n) is 4.96. The van der Waals surface area contributed by atoms with Crippen LogP contribution in [0.2, 0.25) is 0 Å². The van der Waals surface area contributed by atoms with Gasteiger partial charge in [-0.2, -0.15) is 5.10 Å². The first-order chi connectivity index (χ1) is 10.7. The lowest BCUT2D eigenvalue weighted by Gasteiger charge is -2.35. The highest BCUT2D eigenvalue weighted by Gasteiger charge is 2.26.